The van der Waals surface area contributed by atoms with Gasteiger partial charge in [0.1, 0.15) is 18.4 Å². The highest BCUT2D eigenvalue weighted by atomic mass is 16.5. The van der Waals surface area contributed by atoms with E-state index in [0.717, 1.165) is 17.7 Å². The van der Waals surface area contributed by atoms with E-state index in [4.69, 9.17) is 4.74 Å². The highest BCUT2D eigenvalue weighted by Crippen LogP contribution is 2.27. The first kappa shape index (κ1) is 13.4. The fraction of sp³-hybridized carbons (Fsp3) is 0.250. The number of rotatable bonds is 4. The SMILES string of the molecule is O=C(Cn1ccccc1=O)NCC1Cc2ccccc2O1. The zero-order valence-electron chi connectivity index (χ0n) is 11.5. The molecule has 1 N–H and O–H groups in total. The summed E-state index contributed by atoms with van der Waals surface area (Å²) >= 11 is 0. The largest absolute Gasteiger partial charge is 0.488 e. The normalized spacial score (nSPS) is 16.1. The quantitative estimate of drug-likeness (QED) is 0.910. The molecule has 1 unspecified atom stereocenters. The molecule has 5 nitrogen and oxygen atoms in total. The molecule has 5 heteroatoms. The first-order valence-electron chi connectivity index (χ1n) is 6.89. The minimum Gasteiger partial charge on any atom is -0.488 e. The molecule has 1 aromatic heterocycles. The van der Waals surface area contributed by atoms with Crippen LogP contribution >= 0.6 is 0 Å². The van der Waals surface area contributed by atoms with E-state index in [1.807, 2.05) is 24.3 Å². The Morgan fingerprint density at radius 3 is 2.86 bits per heavy atom. The van der Waals surface area contributed by atoms with Gasteiger partial charge in [-0.1, -0.05) is 24.3 Å². The van der Waals surface area contributed by atoms with E-state index >= 15 is 0 Å². The van der Waals surface area contributed by atoms with Crippen LogP contribution in [0.25, 0.3) is 0 Å². The Morgan fingerprint density at radius 2 is 2.05 bits per heavy atom. The Labute approximate surface area is 122 Å². The number of nitrogens with zero attached hydrogens (tertiary/aromatic N) is 1. The van der Waals surface area contributed by atoms with Gasteiger partial charge in [0.05, 0.1) is 6.54 Å². The maximum atomic E-state index is 11.9. The van der Waals surface area contributed by atoms with E-state index < -0.39 is 0 Å². The summed E-state index contributed by atoms with van der Waals surface area (Å²) in [7, 11) is 0. The van der Waals surface area contributed by atoms with Crippen molar-refractivity contribution in [1.29, 1.82) is 0 Å². The van der Waals surface area contributed by atoms with Gasteiger partial charge in [-0.2, -0.15) is 0 Å². The number of pyridine rings is 1. The molecule has 0 radical (unpaired) electrons. The van der Waals surface area contributed by atoms with Crippen LogP contribution in [0.15, 0.2) is 53.5 Å². The van der Waals surface area contributed by atoms with Crippen molar-refractivity contribution in [3.8, 4) is 5.75 Å². The van der Waals surface area contributed by atoms with Gasteiger partial charge >= 0.3 is 0 Å². The molecule has 0 saturated carbocycles. The summed E-state index contributed by atoms with van der Waals surface area (Å²) in [5.74, 6) is 0.693. The zero-order chi connectivity index (χ0) is 14.7. The molecule has 108 valence electrons. The minimum absolute atomic E-state index is 0.0271. The number of amides is 1. The van der Waals surface area contributed by atoms with Gasteiger partial charge in [-0.05, 0) is 17.7 Å². The topological polar surface area (TPSA) is 60.3 Å². The summed E-state index contributed by atoms with van der Waals surface area (Å²) in [4.78, 5) is 23.4. The molecule has 2 heterocycles. The average molecular weight is 284 g/mol. The van der Waals surface area contributed by atoms with Crippen LogP contribution in [0, 0.1) is 0 Å². The van der Waals surface area contributed by atoms with Crippen LogP contribution in [0.2, 0.25) is 0 Å². The number of carbonyl (C=O) groups excluding carboxylic acids is 1. The van der Waals surface area contributed by atoms with Crippen LogP contribution in [-0.4, -0.2) is 23.1 Å². The van der Waals surface area contributed by atoms with Gasteiger partial charge in [0.15, 0.2) is 0 Å². The molecule has 0 aliphatic carbocycles. The summed E-state index contributed by atoms with van der Waals surface area (Å²) in [5.41, 5.74) is 0.980. The number of aromatic nitrogens is 1. The number of nitrogens with one attached hydrogen (secondary N) is 1. The predicted molar refractivity (Wildman–Crippen MR) is 78.3 cm³/mol. The Morgan fingerprint density at radius 1 is 1.24 bits per heavy atom. The number of hydrogen-bond donors (Lipinski definition) is 1. The Kier molecular flexibility index (Phi) is 3.73. The third kappa shape index (κ3) is 3.13. The van der Waals surface area contributed by atoms with Crippen molar-refractivity contribution in [2.24, 2.45) is 0 Å². The number of para-hydroxylation sites is 1. The monoisotopic (exact) mass is 284 g/mol. The molecule has 1 atom stereocenters. The van der Waals surface area contributed by atoms with Gasteiger partial charge in [-0.3, -0.25) is 9.59 Å². The number of hydrogen-bond acceptors (Lipinski definition) is 3. The lowest BCUT2D eigenvalue weighted by Gasteiger charge is -2.12. The molecule has 0 spiro atoms. The Hall–Kier alpha value is -2.56. The maximum Gasteiger partial charge on any atom is 0.250 e. The number of carbonyl (C=O) groups is 1. The molecule has 1 amide bonds. The fourth-order valence-electron chi connectivity index (χ4n) is 2.40. The van der Waals surface area contributed by atoms with Crippen LogP contribution < -0.4 is 15.6 Å². The van der Waals surface area contributed by atoms with Gasteiger partial charge < -0.3 is 14.6 Å². The smallest absolute Gasteiger partial charge is 0.250 e. The summed E-state index contributed by atoms with van der Waals surface area (Å²) < 4.78 is 7.12. The van der Waals surface area contributed by atoms with Crippen molar-refractivity contribution < 1.29 is 9.53 Å². The lowest BCUT2D eigenvalue weighted by Crippen LogP contribution is -2.37. The van der Waals surface area contributed by atoms with Gasteiger partial charge in [0.25, 0.3) is 5.56 Å². The molecule has 3 rings (SSSR count). The standard InChI is InChI=1S/C16H16N2O3/c19-15(11-18-8-4-3-7-16(18)20)17-10-13-9-12-5-1-2-6-14(12)21-13/h1-8,13H,9-11H2,(H,17,19). The van der Waals surface area contributed by atoms with Gasteiger partial charge in [0, 0.05) is 18.7 Å². The number of benzene rings is 1. The van der Waals surface area contributed by atoms with E-state index in [0.29, 0.717) is 6.54 Å². The van der Waals surface area contributed by atoms with Crippen molar-refractivity contribution in [2.45, 2.75) is 19.1 Å². The molecule has 1 aliphatic rings. The van der Waals surface area contributed by atoms with Crippen LogP contribution in [0.4, 0.5) is 0 Å². The van der Waals surface area contributed by atoms with E-state index in [-0.39, 0.29) is 24.1 Å². The van der Waals surface area contributed by atoms with Crippen LogP contribution in [0.3, 0.4) is 0 Å². The van der Waals surface area contributed by atoms with Crippen molar-refractivity contribution in [3.63, 3.8) is 0 Å². The van der Waals surface area contributed by atoms with Crippen molar-refractivity contribution in [2.75, 3.05) is 6.54 Å². The van der Waals surface area contributed by atoms with Gasteiger partial charge in [-0.15, -0.1) is 0 Å². The maximum absolute atomic E-state index is 11.9. The fourth-order valence-corrected chi connectivity index (χ4v) is 2.40. The molecular weight excluding hydrogens is 268 g/mol. The van der Waals surface area contributed by atoms with Crippen molar-refractivity contribution in [1.82, 2.24) is 9.88 Å². The van der Waals surface area contributed by atoms with E-state index in [1.54, 1.807) is 18.3 Å². The van der Waals surface area contributed by atoms with Crippen LogP contribution in [0.5, 0.6) is 5.75 Å². The Bertz CT molecular complexity index is 683. The average Bonchev–Trinajstić information content (AvgIpc) is 2.90. The minimum atomic E-state index is -0.192. The summed E-state index contributed by atoms with van der Waals surface area (Å²) in [6.45, 7) is 0.467. The lowest BCUT2D eigenvalue weighted by molar-refractivity contribution is -0.122. The lowest BCUT2D eigenvalue weighted by atomic mass is 10.1. The van der Waals surface area contributed by atoms with E-state index in [9.17, 15) is 9.59 Å². The van der Waals surface area contributed by atoms with Crippen molar-refractivity contribution in [3.05, 3.63) is 64.6 Å². The first-order chi connectivity index (χ1) is 10.2. The molecule has 21 heavy (non-hydrogen) atoms. The molecule has 2 aromatic rings. The van der Waals surface area contributed by atoms with Crippen LogP contribution in [-0.2, 0) is 17.8 Å². The highest BCUT2D eigenvalue weighted by molar-refractivity contribution is 5.75. The van der Waals surface area contributed by atoms with Gasteiger partial charge in [-0.25, -0.2) is 0 Å². The first-order valence-corrected chi connectivity index (χ1v) is 6.89. The predicted octanol–water partition coefficient (Wildman–Crippen LogP) is 0.968. The third-order valence-electron chi connectivity index (χ3n) is 3.45. The van der Waals surface area contributed by atoms with E-state index in [1.165, 1.54) is 10.6 Å². The summed E-state index contributed by atoms with van der Waals surface area (Å²) in [5, 5.41) is 2.81. The third-order valence-corrected chi connectivity index (χ3v) is 3.45. The number of fused-ring (bicyclic) bond motifs is 1. The second-order valence-corrected chi connectivity index (χ2v) is 5.02. The highest BCUT2D eigenvalue weighted by Gasteiger charge is 2.22. The number of ether oxygens (including phenoxy) is 1. The Balaban J connectivity index is 1.52. The van der Waals surface area contributed by atoms with Crippen molar-refractivity contribution >= 4 is 5.91 Å². The molecule has 0 bridgehead atoms. The molecule has 0 fully saturated rings. The van der Waals surface area contributed by atoms with E-state index in [2.05, 4.69) is 5.32 Å². The van der Waals surface area contributed by atoms with Crippen LogP contribution in [0.1, 0.15) is 5.56 Å². The molecule has 1 aromatic carbocycles. The molecular formula is C16H16N2O3. The zero-order valence-corrected chi connectivity index (χ0v) is 11.5. The summed E-state index contributed by atoms with van der Waals surface area (Å²) in [6, 6.07) is 12.7. The molecule has 0 saturated heterocycles. The second-order valence-electron chi connectivity index (χ2n) is 5.02. The van der Waals surface area contributed by atoms with Gasteiger partial charge in [0.2, 0.25) is 5.91 Å². The summed E-state index contributed by atoms with van der Waals surface area (Å²) in [6.07, 6.45) is 2.35. The second kappa shape index (κ2) is 5.83. The molecule has 1 aliphatic heterocycles.